The van der Waals surface area contributed by atoms with Gasteiger partial charge in [0.1, 0.15) is 22.4 Å². The van der Waals surface area contributed by atoms with Crippen LogP contribution in [0.4, 0.5) is 0 Å². The summed E-state index contributed by atoms with van der Waals surface area (Å²) in [7, 11) is 0. The van der Waals surface area contributed by atoms with Gasteiger partial charge in [0.25, 0.3) is 0 Å². The van der Waals surface area contributed by atoms with E-state index in [4.69, 9.17) is 37.9 Å². The van der Waals surface area contributed by atoms with Crippen LogP contribution in [0.25, 0.3) is 0 Å². The van der Waals surface area contributed by atoms with E-state index in [9.17, 15) is 38.4 Å². The lowest BCUT2D eigenvalue weighted by Crippen LogP contribution is -2.45. The van der Waals surface area contributed by atoms with E-state index < -0.39 is 47.8 Å². The van der Waals surface area contributed by atoms with Crippen LogP contribution in [-0.4, -0.2) is 96.6 Å². The summed E-state index contributed by atoms with van der Waals surface area (Å²) in [6, 6.07) is 0. The van der Waals surface area contributed by atoms with E-state index >= 15 is 0 Å². The van der Waals surface area contributed by atoms with Gasteiger partial charge in [-0.25, -0.2) is 38.4 Å². The van der Waals surface area contributed by atoms with Crippen LogP contribution in [0.2, 0.25) is 0 Å². The molecule has 0 heterocycles. The largest absolute Gasteiger partial charge is 0.457 e. The van der Waals surface area contributed by atoms with Crippen LogP contribution in [-0.2, 0) is 76.3 Å². The maximum absolute atomic E-state index is 12.1. The zero-order chi connectivity index (χ0) is 60.5. The Balaban J connectivity index is 0.000000134. The number of rotatable bonds is 18. The van der Waals surface area contributed by atoms with Crippen LogP contribution in [0.1, 0.15) is 183 Å². The van der Waals surface area contributed by atoms with Gasteiger partial charge in [-0.2, -0.15) is 0 Å². The molecule has 16 nitrogen and oxygen atoms in total. The van der Waals surface area contributed by atoms with Gasteiger partial charge in [-0.15, -0.1) is 0 Å². The molecule has 12 aliphatic rings. The maximum Gasteiger partial charge on any atom is 0.344 e. The van der Waals surface area contributed by atoms with Crippen LogP contribution in [0.5, 0.6) is 0 Å². The summed E-state index contributed by atoms with van der Waals surface area (Å²) in [4.78, 5) is 92.7. The standard InChI is InChI=1S/C18H26O4.2C17H24O4.C16H22O4/c1-4-18(22-16(19)10-21-17(20)11(2)3)9-12-8-15(18)14-7-5-6-13(12)14;1-10(2)16(19)20-9-15(18)21-17(3)8-11-7-14(17)13-6-4-5-12(11)13;1-3-15(18)20-10-16(19)21-17(4-2)9-11-8-14(17)13-7-5-6-12(11)13;1-3-14(17)19-9-15(18)20-16(2)8-10-7-13(16)12-6-4-5-11(10)12/h12-15H,2,4-10H2,1,3H3;11-14H,1,4-9H2,2-3H3;3,11-14H,1,4-10H2,2H3;3,10-13H,1,4-9H2,2H3. The molecular weight excluding hydrogens is 1070 g/mol. The fourth-order valence-corrected chi connectivity index (χ4v) is 20.6. The summed E-state index contributed by atoms with van der Waals surface area (Å²) < 4.78 is 42.4. The van der Waals surface area contributed by atoms with Crippen LogP contribution in [0.3, 0.4) is 0 Å². The van der Waals surface area contributed by atoms with Gasteiger partial charge in [0.15, 0.2) is 26.4 Å². The highest BCUT2D eigenvalue weighted by molar-refractivity contribution is 5.89. The zero-order valence-electron chi connectivity index (χ0n) is 51.1. The third-order valence-corrected chi connectivity index (χ3v) is 23.5. The summed E-state index contributed by atoms with van der Waals surface area (Å²) in [6.45, 7) is 23.8. The van der Waals surface area contributed by atoms with Crippen LogP contribution in [0.15, 0.2) is 49.6 Å². The van der Waals surface area contributed by atoms with E-state index in [1.165, 1.54) is 103 Å². The highest BCUT2D eigenvalue weighted by Crippen LogP contribution is 2.67. The SMILES string of the molecule is C=C(C)C(=O)OCC(=O)OC1(C)CC2CC1C1CCCC21.C=C(C)C(=O)OCC(=O)OC1(CC)CC2CC1C1CCCC21.C=CC(=O)OCC(=O)OC1(C)CC2CC1C1CCCC21.C=CC(=O)OCC(=O)OC1(CC)CC2CC1C1CCCC21. The molecule has 12 aliphatic carbocycles. The molecule has 12 fully saturated rings. The number of carbonyl (C=O) groups excluding carboxylic acids is 8. The average molecular weight is 1170 g/mol. The molecule has 0 amide bonds. The minimum atomic E-state index is -0.587. The molecule has 0 radical (unpaired) electrons. The number of hydrogen-bond donors (Lipinski definition) is 0. The Morgan fingerprint density at radius 1 is 0.405 bits per heavy atom. The van der Waals surface area contributed by atoms with E-state index in [-0.39, 0.29) is 48.8 Å². The molecule has 0 N–H and O–H groups in total. The number of ether oxygens (including phenoxy) is 8. The average Bonchev–Trinajstić information content (AvgIpc) is 2.10. The Labute approximate surface area is 498 Å². The van der Waals surface area contributed by atoms with Crippen LogP contribution < -0.4 is 0 Å². The van der Waals surface area contributed by atoms with Crippen molar-refractivity contribution in [1.29, 1.82) is 0 Å². The highest BCUT2D eigenvalue weighted by Gasteiger charge is 2.65. The quantitative estimate of drug-likeness (QED) is 0.0709. The molecule has 20 unspecified atom stereocenters. The van der Waals surface area contributed by atoms with Crippen molar-refractivity contribution >= 4 is 47.8 Å². The molecule has 0 aromatic heterocycles. The summed E-state index contributed by atoms with van der Waals surface area (Å²) in [6.07, 6.45) is 28.4. The second-order valence-electron chi connectivity index (χ2n) is 28.0. The molecule has 0 aromatic carbocycles. The van der Waals surface area contributed by atoms with Crippen molar-refractivity contribution in [3.63, 3.8) is 0 Å². The van der Waals surface area contributed by atoms with Crippen LogP contribution in [0, 0.1) is 94.7 Å². The fraction of sp³-hybridized carbons (Fsp3) is 0.765. The van der Waals surface area contributed by atoms with E-state index in [1.54, 1.807) is 13.8 Å². The van der Waals surface area contributed by atoms with Gasteiger partial charge in [-0.3, -0.25) is 0 Å². The first-order valence-corrected chi connectivity index (χ1v) is 32.1. The summed E-state index contributed by atoms with van der Waals surface area (Å²) in [5.41, 5.74) is -0.748. The zero-order valence-corrected chi connectivity index (χ0v) is 51.1. The molecule has 16 heteroatoms. The third kappa shape index (κ3) is 12.9. The van der Waals surface area contributed by atoms with Crippen molar-refractivity contribution in [2.75, 3.05) is 26.4 Å². The summed E-state index contributed by atoms with van der Waals surface area (Å²) in [5, 5.41) is 0. The number of fused-ring (bicyclic) bond motifs is 20. The van der Waals surface area contributed by atoms with Gasteiger partial charge in [-0.1, -0.05) is 65.8 Å². The lowest BCUT2D eigenvalue weighted by atomic mass is 9.71. The maximum atomic E-state index is 12.1. The molecule has 0 aromatic rings. The highest BCUT2D eigenvalue weighted by atomic mass is 16.6. The second-order valence-corrected chi connectivity index (χ2v) is 28.0. The monoisotopic (exact) mass is 1170 g/mol. The molecule has 84 heavy (non-hydrogen) atoms. The van der Waals surface area contributed by atoms with E-state index in [0.29, 0.717) is 34.8 Å². The Morgan fingerprint density at radius 2 is 0.679 bits per heavy atom. The molecule has 20 atom stereocenters. The molecular formula is C68H96O16. The predicted molar refractivity (Wildman–Crippen MR) is 309 cm³/mol. The van der Waals surface area contributed by atoms with Crippen molar-refractivity contribution in [1.82, 2.24) is 0 Å². The first kappa shape index (κ1) is 63.2. The molecule has 0 saturated heterocycles. The first-order chi connectivity index (χ1) is 40.0. The topological polar surface area (TPSA) is 210 Å². The molecule has 464 valence electrons. The Hall–Kier alpha value is -5.28. The van der Waals surface area contributed by atoms with Crippen LogP contribution >= 0.6 is 0 Å². The van der Waals surface area contributed by atoms with E-state index in [2.05, 4.69) is 54.0 Å². The van der Waals surface area contributed by atoms with Crippen molar-refractivity contribution < 1.29 is 76.3 Å². The van der Waals surface area contributed by atoms with Crippen molar-refractivity contribution in [2.24, 2.45) is 94.7 Å². The van der Waals surface area contributed by atoms with Gasteiger partial charge >= 0.3 is 47.8 Å². The fourth-order valence-electron chi connectivity index (χ4n) is 20.6. The lowest BCUT2D eigenvalue weighted by Gasteiger charge is -2.41. The molecule has 12 rings (SSSR count). The molecule has 8 bridgehead atoms. The Bertz CT molecular complexity index is 2570. The summed E-state index contributed by atoms with van der Waals surface area (Å²) in [5.74, 6) is 7.37. The number of hydrogen-bond acceptors (Lipinski definition) is 16. The van der Waals surface area contributed by atoms with Gasteiger partial charge in [-0.05, 0) is 214 Å². The minimum absolute atomic E-state index is 0.294. The van der Waals surface area contributed by atoms with E-state index in [1.807, 2.05) is 0 Å². The molecule has 12 saturated carbocycles. The minimum Gasteiger partial charge on any atom is -0.457 e. The smallest absolute Gasteiger partial charge is 0.344 e. The van der Waals surface area contributed by atoms with Crippen molar-refractivity contribution in [2.45, 2.75) is 205 Å². The van der Waals surface area contributed by atoms with Gasteiger partial charge in [0.2, 0.25) is 0 Å². The van der Waals surface area contributed by atoms with Crippen molar-refractivity contribution in [3.05, 3.63) is 49.6 Å². The predicted octanol–water partition coefficient (Wildman–Crippen LogP) is 11.5. The second kappa shape index (κ2) is 26.0. The van der Waals surface area contributed by atoms with Gasteiger partial charge < -0.3 is 37.9 Å². The summed E-state index contributed by atoms with van der Waals surface area (Å²) >= 11 is 0. The third-order valence-electron chi connectivity index (χ3n) is 23.5. The Kier molecular flexibility index (Phi) is 19.5. The molecule has 0 spiro atoms. The number of esters is 8. The number of carbonyl (C=O) groups is 8. The van der Waals surface area contributed by atoms with E-state index in [0.717, 1.165) is 122 Å². The van der Waals surface area contributed by atoms with Gasteiger partial charge in [0.05, 0.1) is 0 Å². The molecule has 0 aliphatic heterocycles. The lowest BCUT2D eigenvalue weighted by molar-refractivity contribution is -0.178. The normalized spacial score (nSPS) is 39.9. The Morgan fingerprint density at radius 3 is 0.988 bits per heavy atom. The first-order valence-electron chi connectivity index (χ1n) is 32.1. The van der Waals surface area contributed by atoms with Gasteiger partial charge in [0, 0.05) is 47.0 Å². The van der Waals surface area contributed by atoms with Crippen molar-refractivity contribution in [3.8, 4) is 0 Å².